The van der Waals surface area contributed by atoms with E-state index in [0.29, 0.717) is 10.5 Å². The van der Waals surface area contributed by atoms with Crippen molar-refractivity contribution in [2.24, 2.45) is 0 Å². The molecule has 0 spiro atoms. The molecule has 0 aromatic heterocycles. The summed E-state index contributed by atoms with van der Waals surface area (Å²) >= 11 is 0. The smallest absolute Gasteiger partial charge is 0.183 e. The van der Waals surface area contributed by atoms with Gasteiger partial charge in [0.05, 0.1) is 10.6 Å². The number of carbonyl (C=O) groups excluding carboxylic acids is 1. The van der Waals surface area contributed by atoms with Crippen molar-refractivity contribution in [3.8, 4) is 0 Å². The minimum absolute atomic E-state index is 0.0967. The van der Waals surface area contributed by atoms with E-state index in [1.807, 2.05) is 30.3 Å². The molecule has 0 atom stereocenters. The second-order valence-electron chi connectivity index (χ2n) is 5.94. The van der Waals surface area contributed by atoms with Gasteiger partial charge in [-0.15, -0.1) is 0 Å². The van der Waals surface area contributed by atoms with Crippen LogP contribution in [0.1, 0.15) is 11.1 Å². The average Bonchev–Trinajstić information content (AvgIpc) is 2.66. The molecule has 0 aliphatic rings. The van der Waals surface area contributed by atoms with E-state index in [2.05, 4.69) is 0 Å². The summed E-state index contributed by atoms with van der Waals surface area (Å²) in [7, 11) is -3.49. The minimum Gasteiger partial charge on any atom is -0.388 e. The van der Waals surface area contributed by atoms with Gasteiger partial charge in [-0.3, -0.25) is 4.79 Å². The molecule has 0 saturated heterocycles. The van der Waals surface area contributed by atoms with Gasteiger partial charge in [0.25, 0.3) is 0 Å². The Labute approximate surface area is 152 Å². The third-order valence-corrected chi connectivity index (χ3v) is 5.78. The quantitative estimate of drug-likeness (QED) is 0.679. The lowest BCUT2D eigenvalue weighted by Crippen LogP contribution is -2.05. The van der Waals surface area contributed by atoms with Gasteiger partial charge in [0.1, 0.15) is 6.61 Å². The number of aliphatic hydroxyl groups is 1. The number of carbonyl (C=O) groups is 1. The Balaban J connectivity index is 1.85. The molecule has 5 heteroatoms. The normalized spacial score (nSPS) is 11.9. The Hall–Kier alpha value is -2.76. The molecule has 0 radical (unpaired) electrons. The predicted octanol–water partition coefficient (Wildman–Crippen LogP) is 3.39. The third kappa shape index (κ3) is 4.07. The lowest BCUT2D eigenvalue weighted by molar-refractivity contribution is -0.117. The Morgan fingerprint density at radius 2 is 1.62 bits per heavy atom. The molecular formula is C21H18O4S. The molecule has 4 nitrogen and oxygen atoms in total. The lowest BCUT2D eigenvalue weighted by Gasteiger charge is -2.08. The van der Waals surface area contributed by atoms with Crippen LogP contribution in [0.3, 0.4) is 0 Å². The van der Waals surface area contributed by atoms with Gasteiger partial charge in [-0.1, -0.05) is 66.7 Å². The number of sulfone groups is 1. The van der Waals surface area contributed by atoms with Crippen molar-refractivity contribution < 1.29 is 18.3 Å². The molecule has 3 aromatic carbocycles. The first-order chi connectivity index (χ1) is 12.5. The van der Waals surface area contributed by atoms with E-state index in [-0.39, 0.29) is 11.5 Å². The number of benzene rings is 3. The van der Waals surface area contributed by atoms with Crippen LogP contribution in [0.2, 0.25) is 0 Å². The van der Waals surface area contributed by atoms with E-state index in [1.165, 1.54) is 6.08 Å². The zero-order valence-corrected chi connectivity index (χ0v) is 14.8. The standard InChI is InChI=1S/C21H18O4S/c22-14-19(23)13-12-16-8-10-17(11-9-16)15-26(24,25)21-7-3-5-18-4-1-2-6-20(18)21/h1-13,22H,14-15H2/b13-12+. The zero-order valence-electron chi connectivity index (χ0n) is 14.0. The average molecular weight is 366 g/mol. The molecule has 0 bridgehead atoms. The molecule has 0 heterocycles. The van der Waals surface area contributed by atoms with Gasteiger partial charge in [0.15, 0.2) is 15.6 Å². The first-order valence-corrected chi connectivity index (χ1v) is 9.76. The van der Waals surface area contributed by atoms with Gasteiger partial charge in [0.2, 0.25) is 0 Å². The summed E-state index contributed by atoms with van der Waals surface area (Å²) in [4.78, 5) is 11.4. The fraction of sp³-hybridized carbons (Fsp3) is 0.0952. The maximum atomic E-state index is 12.9. The number of hydrogen-bond donors (Lipinski definition) is 1. The molecule has 0 unspecified atom stereocenters. The maximum absolute atomic E-state index is 12.9. The van der Waals surface area contributed by atoms with Crippen LogP contribution in [0.5, 0.6) is 0 Å². The highest BCUT2D eigenvalue weighted by Gasteiger charge is 2.18. The summed E-state index contributed by atoms with van der Waals surface area (Å²) in [5.41, 5.74) is 1.43. The van der Waals surface area contributed by atoms with Gasteiger partial charge >= 0.3 is 0 Å². The second-order valence-corrected chi connectivity index (χ2v) is 7.89. The largest absolute Gasteiger partial charge is 0.388 e. The predicted molar refractivity (Wildman–Crippen MR) is 102 cm³/mol. The van der Waals surface area contributed by atoms with E-state index in [1.54, 1.807) is 42.5 Å². The molecule has 0 saturated carbocycles. The fourth-order valence-electron chi connectivity index (χ4n) is 2.73. The summed E-state index contributed by atoms with van der Waals surface area (Å²) in [6.45, 7) is -0.530. The molecule has 132 valence electrons. The first-order valence-electron chi connectivity index (χ1n) is 8.11. The molecule has 0 amide bonds. The molecule has 0 aliphatic carbocycles. The van der Waals surface area contributed by atoms with Crippen LogP contribution in [0.4, 0.5) is 0 Å². The van der Waals surface area contributed by atoms with Crippen LogP contribution in [0.25, 0.3) is 16.8 Å². The zero-order chi connectivity index (χ0) is 18.6. The lowest BCUT2D eigenvalue weighted by atomic mass is 10.1. The van der Waals surface area contributed by atoms with Crippen molar-refractivity contribution in [1.29, 1.82) is 0 Å². The van der Waals surface area contributed by atoms with Crippen molar-refractivity contribution in [3.05, 3.63) is 83.9 Å². The van der Waals surface area contributed by atoms with Crippen molar-refractivity contribution in [2.45, 2.75) is 10.6 Å². The van der Waals surface area contributed by atoms with Gasteiger partial charge in [-0.25, -0.2) is 8.42 Å². The van der Waals surface area contributed by atoms with Crippen LogP contribution >= 0.6 is 0 Å². The second kappa shape index (κ2) is 7.64. The number of aliphatic hydroxyl groups excluding tert-OH is 1. The van der Waals surface area contributed by atoms with Gasteiger partial charge in [-0.05, 0) is 28.7 Å². The fourth-order valence-corrected chi connectivity index (χ4v) is 4.32. The van der Waals surface area contributed by atoms with E-state index in [0.717, 1.165) is 16.3 Å². The summed E-state index contributed by atoms with van der Waals surface area (Å²) in [5.74, 6) is -0.478. The van der Waals surface area contributed by atoms with Crippen molar-refractivity contribution >= 4 is 32.5 Å². The molecule has 1 N–H and O–H groups in total. The number of ketones is 1. The van der Waals surface area contributed by atoms with Crippen molar-refractivity contribution in [3.63, 3.8) is 0 Å². The highest BCUT2D eigenvalue weighted by molar-refractivity contribution is 7.90. The highest BCUT2D eigenvalue weighted by Crippen LogP contribution is 2.25. The highest BCUT2D eigenvalue weighted by atomic mass is 32.2. The molecule has 26 heavy (non-hydrogen) atoms. The summed E-state index contributed by atoms with van der Waals surface area (Å²) in [6.07, 6.45) is 2.88. The van der Waals surface area contributed by atoms with E-state index >= 15 is 0 Å². The molecule has 3 rings (SSSR count). The molecule has 0 fully saturated rings. The van der Waals surface area contributed by atoms with Crippen LogP contribution in [-0.4, -0.2) is 25.9 Å². The topological polar surface area (TPSA) is 71.4 Å². The third-order valence-electron chi connectivity index (χ3n) is 4.04. The summed E-state index contributed by atoms with van der Waals surface area (Å²) in [5, 5.41) is 10.3. The Bertz CT molecular complexity index is 1060. The van der Waals surface area contributed by atoms with Gasteiger partial charge in [0, 0.05) is 5.39 Å². The Kier molecular flexibility index (Phi) is 5.30. The van der Waals surface area contributed by atoms with E-state index < -0.39 is 16.4 Å². The van der Waals surface area contributed by atoms with E-state index in [9.17, 15) is 13.2 Å². The number of hydrogen-bond acceptors (Lipinski definition) is 4. The van der Waals surface area contributed by atoms with Gasteiger partial charge in [-0.2, -0.15) is 0 Å². The number of rotatable bonds is 6. The van der Waals surface area contributed by atoms with Crippen molar-refractivity contribution in [2.75, 3.05) is 6.61 Å². The first kappa shape index (κ1) is 18.0. The van der Waals surface area contributed by atoms with Gasteiger partial charge < -0.3 is 5.11 Å². The molecular weight excluding hydrogens is 348 g/mol. The molecule has 0 aliphatic heterocycles. The Morgan fingerprint density at radius 3 is 2.35 bits per heavy atom. The molecule has 3 aromatic rings. The van der Waals surface area contributed by atoms with Crippen LogP contribution in [-0.2, 0) is 20.4 Å². The minimum atomic E-state index is -3.49. The van der Waals surface area contributed by atoms with Crippen molar-refractivity contribution in [1.82, 2.24) is 0 Å². The number of fused-ring (bicyclic) bond motifs is 1. The maximum Gasteiger partial charge on any atom is 0.183 e. The SMILES string of the molecule is O=C(/C=C/c1ccc(CS(=O)(=O)c2cccc3ccccc23)cc1)CO. The summed E-state index contributed by atoms with van der Waals surface area (Å²) in [6, 6.07) is 19.6. The van der Waals surface area contributed by atoms with Crippen LogP contribution < -0.4 is 0 Å². The Morgan fingerprint density at radius 1 is 0.923 bits per heavy atom. The monoisotopic (exact) mass is 366 g/mol. The van der Waals surface area contributed by atoms with E-state index in [4.69, 9.17) is 5.11 Å². The van der Waals surface area contributed by atoms with Crippen LogP contribution in [0, 0.1) is 0 Å². The van der Waals surface area contributed by atoms with Crippen LogP contribution in [0.15, 0.2) is 77.7 Å². The summed E-state index contributed by atoms with van der Waals surface area (Å²) < 4.78 is 25.7.